The Labute approximate surface area is 143 Å². The molecule has 24 heavy (non-hydrogen) atoms. The zero-order valence-corrected chi connectivity index (χ0v) is 14.4. The van der Waals surface area contributed by atoms with Crippen LogP contribution in [0.4, 0.5) is 0 Å². The number of nitrogens with one attached hydrogen (secondary N) is 1. The Morgan fingerprint density at radius 2 is 1.92 bits per heavy atom. The molecule has 2 N–H and O–H groups in total. The van der Waals surface area contributed by atoms with E-state index in [1.807, 2.05) is 37.3 Å². The molecule has 130 valence electrons. The number of amides is 2. The number of hydrogen-bond donors (Lipinski definition) is 2. The van der Waals surface area contributed by atoms with Crippen LogP contribution in [0, 0.1) is 5.41 Å². The monoisotopic (exact) mass is 330 g/mol. The molecule has 1 aliphatic rings. The smallest absolute Gasteiger partial charge is 0.244 e. The maximum atomic E-state index is 12.4. The summed E-state index contributed by atoms with van der Waals surface area (Å²) in [6.07, 6.45) is 4.73. The van der Waals surface area contributed by atoms with Gasteiger partial charge in [-0.25, -0.2) is 0 Å². The van der Waals surface area contributed by atoms with E-state index in [1.165, 1.54) is 6.08 Å². The van der Waals surface area contributed by atoms with Crippen LogP contribution in [0.1, 0.15) is 32.3 Å². The lowest BCUT2D eigenvalue weighted by Gasteiger charge is -2.39. The van der Waals surface area contributed by atoms with Crippen LogP contribution in [-0.2, 0) is 9.59 Å². The average molecular weight is 330 g/mol. The van der Waals surface area contributed by atoms with Crippen LogP contribution in [0.2, 0.25) is 0 Å². The summed E-state index contributed by atoms with van der Waals surface area (Å²) < 4.78 is 0. The molecule has 0 aliphatic carbocycles. The number of carbonyl (C=O) groups excluding carboxylic acids is 2. The Hall–Kier alpha value is -2.14. The van der Waals surface area contributed by atoms with Crippen molar-refractivity contribution in [3.05, 3.63) is 42.0 Å². The summed E-state index contributed by atoms with van der Waals surface area (Å²) >= 11 is 0. The molecule has 1 aromatic carbocycles. The van der Waals surface area contributed by atoms with Gasteiger partial charge in [0.25, 0.3) is 0 Å². The lowest BCUT2D eigenvalue weighted by molar-refractivity contribution is -0.137. The number of piperidine rings is 1. The van der Waals surface area contributed by atoms with Gasteiger partial charge in [0, 0.05) is 25.8 Å². The molecule has 0 spiro atoms. The molecule has 2 rings (SSSR count). The van der Waals surface area contributed by atoms with E-state index in [1.54, 1.807) is 17.9 Å². The van der Waals surface area contributed by atoms with Gasteiger partial charge in [0.2, 0.25) is 11.8 Å². The molecule has 0 aromatic heterocycles. The van der Waals surface area contributed by atoms with Gasteiger partial charge in [-0.2, -0.15) is 0 Å². The first-order chi connectivity index (χ1) is 11.4. The van der Waals surface area contributed by atoms with E-state index < -0.39 is 6.04 Å². The van der Waals surface area contributed by atoms with Gasteiger partial charge in [-0.3, -0.25) is 9.59 Å². The van der Waals surface area contributed by atoms with E-state index >= 15 is 0 Å². The van der Waals surface area contributed by atoms with Gasteiger partial charge in [-0.1, -0.05) is 37.3 Å². The summed E-state index contributed by atoms with van der Waals surface area (Å²) in [6.45, 7) is 5.13. The van der Waals surface area contributed by atoms with E-state index in [9.17, 15) is 14.7 Å². The predicted octanol–water partition coefficient (Wildman–Crippen LogP) is 1.83. The number of carbonyl (C=O) groups is 2. The molecule has 1 atom stereocenters. The average Bonchev–Trinajstić information content (AvgIpc) is 2.61. The van der Waals surface area contributed by atoms with Crippen LogP contribution < -0.4 is 5.32 Å². The second-order valence-corrected chi connectivity index (χ2v) is 6.77. The number of likely N-dealkylation sites (tertiary alicyclic amines) is 1. The molecule has 1 aromatic rings. The third kappa shape index (κ3) is 4.93. The van der Waals surface area contributed by atoms with Crippen LogP contribution in [0.15, 0.2) is 36.4 Å². The minimum atomic E-state index is -0.559. The summed E-state index contributed by atoms with van der Waals surface area (Å²) in [6, 6.07) is 8.98. The molecule has 1 saturated heterocycles. The fourth-order valence-electron chi connectivity index (χ4n) is 2.76. The second-order valence-electron chi connectivity index (χ2n) is 6.77. The highest BCUT2D eigenvalue weighted by Gasteiger charge is 2.32. The molecule has 0 saturated carbocycles. The number of aliphatic hydroxyl groups is 1. The van der Waals surface area contributed by atoms with Crippen molar-refractivity contribution in [2.45, 2.75) is 32.7 Å². The quantitative estimate of drug-likeness (QED) is 0.809. The summed E-state index contributed by atoms with van der Waals surface area (Å²) in [4.78, 5) is 26.2. The topological polar surface area (TPSA) is 69.6 Å². The molecule has 0 bridgehead atoms. The highest BCUT2D eigenvalue weighted by Crippen LogP contribution is 2.30. The molecule has 1 fully saturated rings. The van der Waals surface area contributed by atoms with Crippen molar-refractivity contribution < 1.29 is 14.7 Å². The molecular weight excluding hydrogens is 304 g/mol. The van der Waals surface area contributed by atoms with Gasteiger partial charge >= 0.3 is 0 Å². The first-order valence-corrected chi connectivity index (χ1v) is 8.37. The van der Waals surface area contributed by atoms with E-state index in [4.69, 9.17) is 0 Å². The molecule has 1 unspecified atom stereocenters. The second kappa shape index (κ2) is 8.11. The fourth-order valence-corrected chi connectivity index (χ4v) is 2.76. The van der Waals surface area contributed by atoms with Crippen LogP contribution in [0.3, 0.4) is 0 Å². The maximum Gasteiger partial charge on any atom is 0.244 e. The Kier molecular flexibility index (Phi) is 6.15. The highest BCUT2D eigenvalue weighted by atomic mass is 16.3. The van der Waals surface area contributed by atoms with Gasteiger partial charge in [-0.15, -0.1) is 0 Å². The Balaban J connectivity index is 1.83. The SMILES string of the molecule is CC(NC(=O)C=Cc1ccccc1)C(=O)N1CCC(C)(CO)CC1. The van der Waals surface area contributed by atoms with Crippen molar-refractivity contribution in [1.29, 1.82) is 0 Å². The lowest BCUT2D eigenvalue weighted by atomic mass is 9.81. The van der Waals surface area contributed by atoms with Crippen LogP contribution in [0.25, 0.3) is 6.08 Å². The van der Waals surface area contributed by atoms with Gasteiger partial charge in [0.15, 0.2) is 0 Å². The van der Waals surface area contributed by atoms with Crippen molar-refractivity contribution >= 4 is 17.9 Å². The first-order valence-electron chi connectivity index (χ1n) is 8.37. The Morgan fingerprint density at radius 3 is 2.50 bits per heavy atom. The summed E-state index contributed by atoms with van der Waals surface area (Å²) in [5.74, 6) is -0.353. The normalized spacial score (nSPS) is 18.4. The Bertz CT molecular complexity index is 590. The zero-order chi connectivity index (χ0) is 17.6. The predicted molar refractivity (Wildman–Crippen MR) is 94.1 cm³/mol. The number of aliphatic hydroxyl groups excluding tert-OH is 1. The van der Waals surface area contributed by atoms with Crippen LogP contribution in [0.5, 0.6) is 0 Å². The first kappa shape index (κ1) is 18.2. The van der Waals surface area contributed by atoms with E-state index in [2.05, 4.69) is 5.32 Å². The van der Waals surface area contributed by atoms with Gasteiger partial charge in [-0.05, 0) is 36.8 Å². The maximum absolute atomic E-state index is 12.4. The van der Waals surface area contributed by atoms with Gasteiger partial charge in [0.1, 0.15) is 6.04 Å². The van der Waals surface area contributed by atoms with Gasteiger partial charge in [0.05, 0.1) is 0 Å². The fraction of sp³-hybridized carbons (Fsp3) is 0.474. The minimum absolute atomic E-state index is 0.0727. The molecular formula is C19H26N2O3. The number of benzene rings is 1. The zero-order valence-electron chi connectivity index (χ0n) is 14.4. The highest BCUT2D eigenvalue weighted by molar-refractivity contribution is 5.95. The van der Waals surface area contributed by atoms with Crippen LogP contribution >= 0.6 is 0 Å². The van der Waals surface area contributed by atoms with Gasteiger partial charge < -0.3 is 15.3 Å². The van der Waals surface area contributed by atoms with Crippen molar-refractivity contribution in [3.63, 3.8) is 0 Å². The van der Waals surface area contributed by atoms with Crippen molar-refractivity contribution in [2.75, 3.05) is 19.7 Å². The Morgan fingerprint density at radius 1 is 1.29 bits per heavy atom. The van der Waals surface area contributed by atoms with E-state index in [-0.39, 0.29) is 23.8 Å². The number of rotatable bonds is 5. The molecule has 2 amide bonds. The summed E-state index contributed by atoms with van der Waals surface area (Å²) in [5, 5.41) is 12.1. The third-order valence-corrected chi connectivity index (χ3v) is 4.62. The molecule has 1 aliphatic heterocycles. The van der Waals surface area contributed by atoms with E-state index in [0.717, 1.165) is 18.4 Å². The number of hydrogen-bond acceptors (Lipinski definition) is 3. The molecule has 1 heterocycles. The summed E-state index contributed by atoms with van der Waals surface area (Å²) in [7, 11) is 0. The molecule has 5 heteroatoms. The standard InChI is InChI=1S/C19H26N2O3/c1-15(18(24)21-12-10-19(2,14-22)11-13-21)20-17(23)9-8-16-6-4-3-5-7-16/h3-9,15,22H,10-14H2,1-2H3,(H,20,23). The van der Waals surface area contributed by atoms with E-state index in [0.29, 0.717) is 13.1 Å². The third-order valence-electron chi connectivity index (χ3n) is 4.62. The molecule has 5 nitrogen and oxygen atoms in total. The summed E-state index contributed by atoms with van der Waals surface area (Å²) in [5.41, 5.74) is 0.841. The largest absolute Gasteiger partial charge is 0.396 e. The lowest BCUT2D eigenvalue weighted by Crippen LogP contribution is -2.50. The molecule has 0 radical (unpaired) electrons. The number of nitrogens with zero attached hydrogens (tertiary/aromatic N) is 1. The van der Waals surface area contributed by atoms with Crippen molar-refractivity contribution in [1.82, 2.24) is 10.2 Å². The van der Waals surface area contributed by atoms with Crippen LogP contribution in [-0.4, -0.2) is 47.6 Å². The van der Waals surface area contributed by atoms with Crippen molar-refractivity contribution in [3.8, 4) is 0 Å². The van der Waals surface area contributed by atoms with Crippen molar-refractivity contribution in [2.24, 2.45) is 5.41 Å². The minimum Gasteiger partial charge on any atom is -0.396 e.